The van der Waals surface area contributed by atoms with E-state index >= 15 is 0 Å². The number of likely N-dealkylation sites (tertiary alicyclic amines) is 1. The molecule has 1 atom stereocenters. The number of nitrogens with one attached hydrogen (secondary N) is 1. The Bertz CT molecular complexity index is 749. The predicted octanol–water partition coefficient (Wildman–Crippen LogP) is 4.21. The molecule has 1 saturated heterocycles. The Kier molecular flexibility index (Phi) is 6.51. The lowest BCUT2D eigenvalue weighted by Gasteiger charge is -2.37. The minimum Gasteiger partial charge on any atom is -0.497 e. The molecule has 1 fully saturated rings. The molecule has 1 N–H and O–H groups in total. The topological polar surface area (TPSA) is 41.6 Å². The number of amides is 1. The second-order valence-corrected chi connectivity index (χ2v) is 7.53. The third-order valence-corrected chi connectivity index (χ3v) is 5.61. The van der Waals surface area contributed by atoms with Crippen LogP contribution in [0.1, 0.15) is 47.3 Å². The first-order valence-electron chi connectivity index (χ1n) is 9.80. The second-order valence-electron chi connectivity index (χ2n) is 7.53. The summed E-state index contributed by atoms with van der Waals surface area (Å²) in [4.78, 5) is 15.2. The SMILES string of the molecule is COc1ccc(C(CNC(=O)c2ccccc2C)N2CCC(C)CC2)cc1. The zero-order chi connectivity index (χ0) is 19.2. The number of piperidine rings is 1. The molecule has 2 aromatic carbocycles. The smallest absolute Gasteiger partial charge is 0.251 e. The summed E-state index contributed by atoms with van der Waals surface area (Å²) in [6.07, 6.45) is 2.41. The zero-order valence-electron chi connectivity index (χ0n) is 16.6. The standard InChI is InChI=1S/C23H30N2O2/c1-17-12-14-25(15-13-17)22(19-8-10-20(27-3)11-9-19)16-24-23(26)21-7-5-4-6-18(21)2/h4-11,17,22H,12-16H2,1-3H3,(H,24,26). The number of methoxy groups -OCH3 is 1. The zero-order valence-corrected chi connectivity index (χ0v) is 16.6. The van der Waals surface area contributed by atoms with Gasteiger partial charge in [-0.25, -0.2) is 0 Å². The van der Waals surface area contributed by atoms with Gasteiger partial charge in [0.1, 0.15) is 5.75 Å². The van der Waals surface area contributed by atoms with E-state index in [9.17, 15) is 4.79 Å². The summed E-state index contributed by atoms with van der Waals surface area (Å²) >= 11 is 0. The summed E-state index contributed by atoms with van der Waals surface area (Å²) in [6.45, 7) is 7.03. The lowest BCUT2D eigenvalue weighted by Crippen LogP contribution is -2.42. The quantitative estimate of drug-likeness (QED) is 0.833. The molecule has 3 rings (SSSR count). The van der Waals surface area contributed by atoms with Crippen molar-refractivity contribution in [2.24, 2.45) is 5.92 Å². The van der Waals surface area contributed by atoms with Crippen molar-refractivity contribution in [2.45, 2.75) is 32.7 Å². The van der Waals surface area contributed by atoms with Gasteiger partial charge in [0.2, 0.25) is 0 Å². The Balaban J connectivity index is 1.75. The van der Waals surface area contributed by atoms with Crippen LogP contribution in [-0.2, 0) is 0 Å². The first-order chi connectivity index (χ1) is 13.1. The van der Waals surface area contributed by atoms with Crippen LogP contribution >= 0.6 is 0 Å². The van der Waals surface area contributed by atoms with Gasteiger partial charge in [0.25, 0.3) is 5.91 Å². The van der Waals surface area contributed by atoms with Crippen molar-refractivity contribution in [1.29, 1.82) is 0 Å². The van der Waals surface area contributed by atoms with Gasteiger partial charge < -0.3 is 10.1 Å². The molecule has 4 nitrogen and oxygen atoms in total. The van der Waals surface area contributed by atoms with Crippen LogP contribution in [0.4, 0.5) is 0 Å². The van der Waals surface area contributed by atoms with Crippen LogP contribution in [0, 0.1) is 12.8 Å². The molecule has 2 aromatic rings. The Morgan fingerprint density at radius 1 is 1.15 bits per heavy atom. The van der Waals surface area contributed by atoms with Crippen molar-refractivity contribution in [2.75, 3.05) is 26.7 Å². The Morgan fingerprint density at radius 2 is 1.81 bits per heavy atom. The molecule has 0 aliphatic carbocycles. The number of carbonyl (C=O) groups is 1. The fraction of sp³-hybridized carbons (Fsp3) is 0.435. The van der Waals surface area contributed by atoms with Gasteiger partial charge in [0.15, 0.2) is 0 Å². The second kappa shape index (κ2) is 9.05. The highest BCUT2D eigenvalue weighted by Crippen LogP contribution is 2.27. The van der Waals surface area contributed by atoms with Crippen molar-refractivity contribution in [3.05, 3.63) is 65.2 Å². The van der Waals surface area contributed by atoms with Gasteiger partial charge in [-0.1, -0.05) is 37.3 Å². The lowest BCUT2D eigenvalue weighted by atomic mass is 9.95. The van der Waals surface area contributed by atoms with Gasteiger partial charge in [-0.3, -0.25) is 9.69 Å². The van der Waals surface area contributed by atoms with E-state index in [0.29, 0.717) is 6.54 Å². The molecular formula is C23H30N2O2. The highest BCUT2D eigenvalue weighted by atomic mass is 16.5. The van der Waals surface area contributed by atoms with Crippen LogP contribution in [0.15, 0.2) is 48.5 Å². The summed E-state index contributed by atoms with van der Waals surface area (Å²) in [5.41, 5.74) is 2.97. The molecule has 1 unspecified atom stereocenters. The van der Waals surface area contributed by atoms with E-state index in [4.69, 9.17) is 4.74 Å². The van der Waals surface area contributed by atoms with E-state index in [1.54, 1.807) is 7.11 Å². The summed E-state index contributed by atoms with van der Waals surface area (Å²) in [5.74, 6) is 1.63. The molecule has 0 spiro atoms. The monoisotopic (exact) mass is 366 g/mol. The molecule has 0 radical (unpaired) electrons. The van der Waals surface area contributed by atoms with Gasteiger partial charge in [-0.2, -0.15) is 0 Å². The van der Waals surface area contributed by atoms with E-state index < -0.39 is 0 Å². The summed E-state index contributed by atoms with van der Waals surface area (Å²) < 4.78 is 5.29. The molecule has 27 heavy (non-hydrogen) atoms. The molecule has 1 aliphatic rings. The predicted molar refractivity (Wildman–Crippen MR) is 109 cm³/mol. The number of rotatable bonds is 6. The van der Waals surface area contributed by atoms with Gasteiger partial charge in [-0.15, -0.1) is 0 Å². The van der Waals surface area contributed by atoms with E-state index in [0.717, 1.165) is 35.9 Å². The normalized spacial score (nSPS) is 16.7. The van der Waals surface area contributed by atoms with Crippen molar-refractivity contribution >= 4 is 5.91 Å². The number of hydrogen-bond donors (Lipinski definition) is 1. The van der Waals surface area contributed by atoms with Crippen LogP contribution in [0.3, 0.4) is 0 Å². The number of benzene rings is 2. The van der Waals surface area contributed by atoms with Crippen LogP contribution < -0.4 is 10.1 Å². The Labute approximate surface area is 162 Å². The molecule has 1 heterocycles. The number of hydrogen-bond acceptors (Lipinski definition) is 3. The Hall–Kier alpha value is -2.33. The minimum atomic E-state index is -0.00279. The van der Waals surface area contributed by atoms with E-state index in [2.05, 4.69) is 29.3 Å². The third-order valence-electron chi connectivity index (χ3n) is 5.61. The van der Waals surface area contributed by atoms with Gasteiger partial charge >= 0.3 is 0 Å². The molecule has 1 amide bonds. The van der Waals surface area contributed by atoms with E-state index in [1.807, 2.05) is 43.3 Å². The molecule has 1 aliphatic heterocycles. The van der Waals surface area contributed by atoms with Crippen LogP contribution in [0.5, 0.6) is 5.75 Å². The van der Waals surface area contributed by atoms with Crippen molar-refractivity contribution in [3.63, 3.8) is 0 Å². The molecule has 4 heteroatoms. The highest BCUT2D eigenvalue weighted by molar-refractivity contribution is 5.95. The largest absolute Gasteiger partial charge is 0.497 e. The van der Waals surface area contributed by atoms with Crippen LogP contribution in [-0.4, -0.2) is 37.6 Å². The molecule has 0 bridgehead atoms. The fourth-order valence-corrected chi connectivity index (χ4v) is 3.74. The van der Waals surface area contributed by atoms with Crippen molar-refractivity contribution in [1.82, 2.24) is 10.2 Å². The summed E-state index contributed by atoms with van der Waals surface area (Å²) in [7, 11) is 1.68. The molecule has 0 saturated carbocycles. The molecular weight excluding hydrogens is 336 g/mol. The summed E-state index contributed by atoms with van der Waals surface area (Å²) in [5, 5.41) is 3.16. The maximum Gasteiger partial charge on any atom is 0.251 e. The molecule has 0 aromatic heterocycles. The third kappa shape index (κ3) is 4.89. The average molecular weight is 367 g/mol. The van der Waals surface area contributed by atoms with Gasteiger partial charge in [0.05, 0.1) is 13.2 Å². The first kappa shape index (κ1) is 19.4. The van der Waals surface area contributed by atoms with E-state index in [-0.39, 0.29) is 11.9 Å². The molecule has 144 valence electrons. The van der Waals surface area contributed by atoms with Gasteiger partial charge in [-0.05, 0) is 68.1 Å². The number of carbonyl (C=O) groups excluding carboxylic acids is 1. The fourth-order valence-electron chi connectivity index (χ4n) is 3.74. The summed E-state index contributed by atoms with van der Waals surface area (Å²) in [6, 6.07) is 16.1. The Morgan fingerprint density at radius 3 is 2.44 bits per heavy atom. The minimum absolute atomic E-state index is 0.00279. The number of aryl methyl sites for hydroxylation is 1. The van der Waals surface area contributed by atoms with Gasteiger partial charge in [0, 0.05) is 12.1 Å². The lowest BCUT2D eigenvalue weighted by molar-refractivity contribution is 0.0912. The average Bonchev–Trinajstić information content (AvgIpc) is 2.70. The highest BCUT2D eigenvalue weighted by Gasteiger charge is 2.25. The van der Waals surface area contributed by atoms with Crippen molar-refractivity contribution in [3.8, 4) is 5.75 Å². The first-order valence-corrected chi connectivity index (χ1v) is 9.80. The maximum absolute atomic E-state index is 12.7. The van der Waals surface area contributed by atoms with E-state index in [1.165, 1.54) is 18.4 Å². The van der Waals surface area contributed by atoms with Crippen LogP contribution in [0.25, 0.3) is 0 Å². The van der Waals surface area contributed by atoms with Crippen molar-refractivity contribution < 1.29 is 9.53 Å². The van der Waals surface area contributed by atoms with Crippen LogP contribution in [0.2, 0.25) is 0 Å². The number of ether oxygens (including phenoxy) is 1. The maximum atomic E-state index is 12.7. The number of nitrogens with zero attached hydrogens (tertiary/aromatic N) is 1.